The SMILES string of the molecule is Cc1sc(-c2ccccn2)nc1-c1ccc2c(c1)N(CCO)C(=O)CO2. The Balaban J connectivity index is 1.76. The predicted octanol–water partition coefficient (Wildman–Crippen LogP) is 2.90. The van der Waals surface area contributed by atoms with Crippen LogP contribution in [0.1, 0.15) is 4.88 Å². The minimum atomic E-state index is -0.159. The number of hydrogen-bond donors (Lipinski definition) is 1. The fourth-order valence-corrected chi connectivity index (χ4v) is 3.87. The molecule has 3 aromatic rings. The van der Waals surface area contributed by atoms with Crippen molar-refractivity contribution in [3.8, 4) is 27.7 Å². The molecule has 0 radical (unpaired) electrons. The Morgan fingerprint density at radius 3 is 2.96 bits per heavy atom. The van der Waals surface area contributed by atoms with Crippen molar-refractivity contribution >= 4 is 22.9 Å². The van der Waals surface area contributed by atoms with Crippen molar-refractivity contribution in [2.75, 3.05) is 24.7 Å². The van der Waals surface area contributed by atoms with E-state index in [1.165, 1.54) is 0 Å². The number of pyridine rings is 1. The zero-order chi connectivity index (χ0) is 18.1. The molecule has 0 fully saturated rings. The maximum Gasteiger partial charge on any atom is 0.265 e. The van der Waals surface area contributed by atoms with Crippen molar-refractivity contribution in [1.29, 1.82) is 0 Å². The number of fused-ring (bicyclic) bond motifs is 1. The number of carbonyl (C=O) groups is 1. The van der Waals surface area contributed by atoms with Crippen molar-refractivity contribution < 1.29 is 14.6 Å². The predicted molar refractivity (Wildman–Crippen MR) is 100 cm³/mol. The maximum atomic E-state index is 12.1. The summed E-state index contributed by atoms with van der Waals surface area (Å²) in [4.78, 5) is 23.9. The first-order valence-electron chi connectivity index (χ1n) is 8.24. The standard InChI is InChI=1S/C19H17N3O3S/c1-12-18(21-19(26-12)14-4-2-3-7-20-14)13-5-6-16-15(10-13)22(8-9-23)17(24)11-25-16/h2-7,10,23H,8-9,11H2,1H3. The van der Waals surface area contributed by atoms with Crippen LogP contribution in [0.25, 0.3) is 22.0 Å². The largest absolute Gasteiger partial charge is 0.482 e. The highest BCUT2D eigenvalue weighted by atomic mass is 32.1. The van der Waals surface area contributed by atoms with E-state index in [-0.39, 0.29) is 25.7 Å². The highest BCUT2D eigenvalue weighted by Gasteiger charge is 2.26. The summed E-state index contributed by atoms with van der Waals surface area (Å²) < 4.78 is 5.51. The van der Waals surface area contributed by atoms with Crippen LogP contribution >= 0.6 is 11.3 Å². The van der Waals surface area contributed by atoms with E-state index < -0.39 is 0 Å². The summed E-state index contributed by atoms with van der Waals surface area (Å²) in [5, 5.41) is 10.1. The normalized spacial score (nSPS) is 13.5. The highest BCUT2D eigenvalue weighted by molar-refractivity contribution is 7.15. The lowest BCUT2D eigenvalue weighted by molar-refractivity contribution is -0.121. The minimum absolute atomic E-state index is 0.00804. The van der Waals surface area contributed by atoms with Crippen LogP contribution in [0.3, 0.4) is 0 Å². The first-order valence-corrected chi connectivity index (χ1v) is 9.06. The van der Waals surface area contributed by atoms with Gasteiger partial charge in [-0.1, -0.05) is 6.07 Å². The van der Waals surface area contributed by atoms with E-state index in [2.05, 4.69) is 4.98 Å². The number of β-amino-alcohol motifs (C(OH)–C–C–N with tert-alkyl or cyclic N) is 1. The molecule has 0 spiro atoms. The van der Waals surface area contributed by atoms with Gasteiger partial charge in [-0.15, -0.1) is 11.3 Å². The lowest BCUT2D eigenvalue weighted by Gasteiger charge is -2.29. The molecule has 0 aliphatic carbocycles. The molecule has 1 aromatic carbocycles. The average molecular weight is 367 g/mol. The quantitative estimate of drug-likeness (QED) is 0.767. The summed E-state index contributed by atoms with van der Waals surface area (Å²) in [6, 6.07) is 11.4. The lowest BCUT2D eigenvalue weighted by Crippen LogP contribution is -2.40. The van der Waals surface area contributed by atoms with Crippen LogP contribution in [0.2, 0.25) is 0 Å². The summed E-state index contributed by atoms with van der Waals surface area (Å²) in [5.74, 6) is 0.479. The lowest BCUT2D eigenvalue weighted by atomic mass is 10.1. The molecule has 132 valence electrons. The highest BCUT2D eigenvalue weighted by Crippen LogP contribution is 2.38. The van der Waals surface area contributed by atoms with Crippen LogP contribution in [0.5, 0.6) is 5.75 Å². The van der Waals surface area contributed by atoms with E-state index in [0.29, 0.717) is 11.4 Å². The van der Waals surface area contributed by atoms with Crippen molar-refractivity contribution in [1.82, 2.24) is 9.97 Å². The van der Waals surface area contributed by atoms with Gasteiger partial charge in [-0.05, 0) is 37.3 Å². The van der Waals surface area contributed by atoms with Gasteiger partial charge in [0, 0.05) is 23.2 Å². The van der Waals surface area contributed by atoms with Crippen LogP contribution in [0.4, 0.5) is 5.69 Å². The van der Waals surface area contributed by atoms with Crippen LogP contribution in [0.15, 0.2) is 42.6 Å². The molecule has 26 heavy (non-hydrogen) atoms. The smallest absolute Gasteiger partial charge is 0.265 e. The van der Waals surface area contributed by atoms with Gasteiger partial charge in [0.05, 0.1) is 23.7 Å². The van der Waals surface area contributed by atoms with E-state index in [0.717, 1.165) is 26.8 Å². The zero-order valence-corrected chi connectivity index (χ0v) is 15.0. The molecule has 0 unspecified atom stereocenters. The third-order valence-corrected chi connectivity index (χ3v) is 5.17. The van der Waals surface area contributed by atoms with E-state index in [1.54, 1.807) is 22.4 Å². The number of aryl methyl sites for hydroxylation is 1. The monoisotopic (exact) mass is 367 g/mol. The number of aliphatic hydroxyl groups excluding tert-OH is 1. The summed E-state index contributed by atoms with van der Waals surface area (Å²) in [6.07, 6.45) is 1.75. The summed E-state index contributed by atoms with van der Waals surface area (Å²) in [6.45, 7) is 2.15. The fraction of sp³-hybridized carbons (Fsp3) is 0.211. The van der Waals surface area contributed by atoms with E-state index in [9.17, 15) is 9.90 Å². The number of amides is 1. The molecule has 0 saturated heterocycles. The van der Waals surface area contributed by atoms with Crippen LogP contribution in [0, 0.1) is 6.92 Å². The van der Waals surface area contributed by atoms with Crippen molar-refractivity contribution in [2.24, 2.45) is 0 Å². The van der Waals surface area contributed by atoms with Gasteiger partial charge >= 0.3 is 0 Å². The molecule has 6 nitrogen and oxygen atoms in total. The number of carbonyl (C=O) groups excluding carboxylic acids is 1. The third kappa shape index (κ3) is 2.95. The number of anilines is 1. The molecule has 7 heteroatoms. The second-order valence-corrected chi connectivity index (χ2v) is 7.08. The van der Waals surface area contributed by atoms with E-state index >= 15 is 0 Å². The maximum absolute atomic E-state index is 12.1. The molecule has 1 aliphatic rings. The molecule has 1 N–H and O–H groups in total. The summed E-state index contributed by atoms with van der Waals surface area (Å²) in [5.41, 5.74) is 3.27. The van der Waals surface area contributed by atoms with Crippen LogP contribution in [-0.2, 0) is 4.79 Å². The topological polar surface area (TPSA) is 75.5 Å². The molecular weight excluding hydrogens is 350 g/mol. The minimum Gasteiger partial charge on any atom is -0.482 e. The number of hydrogen-bond acceptors (Lipinski definition) is 6. The van der Waals surface area contributed by atoms with Crippen molar-refractivity contribution in [3.05, 3.63) is 47.5 Å². The third-order valence-electron chi connectivity index (χ3n) is 4.18. The number of aromatic nitrogens is 2. The molecule has 3 heterocycles. The van der Waals surface area contributed by atoms with Gasteiger partial charge in [0.2, 0.25) is 0 Å². The average Bonchev–Trinajstić information content (AvgIpc) is 3.06. The number of thiazole rings is 1. The van der Waals surface area contributed by atoms with Gasteiger partial charge in [-0.25, -0.2) is 4.98 Å². The Labute approximate surface area is 154 Å². The van der Waals surface area contributed by atoms with Crippen LogP contribution < -0.4 is 9.64 Å². The Morgan fingerprint density at radius 2 is 2.19 bits per heavy atom. The zero-order valence-electron chi connectivity index (χ0n) is 14.2. The Morgan fingerprint density at radius 1 is 1.31 bits per heavy atom. The molecule has 0 saturated carbocycles. The fourth-order valence-electron chi connectivity index (χ4n) is 2.96. The van der Waals surface area contributed by atoms with E-state index in [4.69, 9.17) is 9.72 Å². The molecule has 0 atom stereocenters. The van der Waals surface area contributed by atoms with Gasteiger partial charge in [-0.2, -0.15) is 0 Å². The molecule has 0 bridgehead atoms. The number of nitrogens with zero attached hydrogens (tertiary/aromatic N) is 3. The Kier molecular flexibility index (Phi) is 4.40. The molecule has 2 aromatic heterocycles. The number of rotatable bonds is 4. The summed E-state index contributed by atoms with van der Waals surface area (Å²) >= 11 is 1.59. The van der Waals surface area contributed by atoms with Gasteiger partial charge in [0.1, 0.15) is 10.8 Å². The molecule has 1 aliphatic heterocycles. The van der Waals surface area contributed by atoms with Gasteiger partial charge in [0.25, 0.3) is 5.91 Å². The first kappa shape index (κ1) is 16.7. The second kappa shape index (κ2) is 6.86. The van der Waals surface area contributed by atoms with Crippen molar-refractivity contribution in [2.45, 2.75) is 6.92 Å². The van der Waals surface area contributed by atoms with Crippen molar-refractivity contribution in [3.63, 3.8) is 0 Å². The van der Waals surface area contributed by atoms with Crippen LogP contribution in [-0.4, -0.2) is 40.7 Å². The summed E-state index contributed by atoms with van der Waals surface area (Å²) in [7, 11) is 0. The molecule has 4 rings (SSSR count). The van der Waals surface area contributed by atoms with E-state index in [1.807, 2.05) is 43.3 Å². The Hall–Kier alpha value is -2.77. The number of ether oxygens (including phenoxy) is 1. The molecule has 1 amide bonds. The Bertz CT molecular complexity index is 956. The van der Waals surface area contributed by atoms with Gasteiger partial charge < -0.3 is 14.7 Å². The van der Waals surface area contributed by atoms with Gasteiger partial charge in [0.15, 0.2) is 6.61 Å². The number of benzene rings is 1. The van der Waals surface area contributed by atoms with Gasteiger partial charge in [-0.3, -0.25) is 9.78 Å². The number of aliphatic hydroxyl groups is 1. The molecular formula is C19H17N3O3S. The second-order valence-electron chi connectivity index (χ2n) is 5.88. The first-order chi connectivity index (χ1) is 12.7.